The molecule has 1 amide bonds. The summed E-state index contributed by atoms with van der Waals surface area (Å²) in [5.41, 5.74) is 0.533. The SMILES string of the molecule is COCC(NC(=O)c1ccc2ccccc2c1)C(C)=O. The first-order chi connectivity index (χ1) is 9.61. The molecule has 2 aromatic rings. The largest absolute Gasteiger partial charge is 0.382 e. The van der Waals surface area contributed by atoms with Crippen LogP contribution in [0.1, 0.15) is 17.3 Å². The topological polar surface area (TPSA) is 55.4 Å². The van der Waals surface area contributed by atoms with Crippen LogP contribution in [-0.2, 0) is 9.53 Å². The summed E-state index contributed by atoms with van der Waals surface area (Å²) in [5, 5.41) is 4.75. The van der Waals surface area contributed by atoms with E-state index in [1.807, 2.05) is 36.4 Å². The van der Waals surface area contributed by atoms with Crippen LogP contribution in [0.2, 0.25) is 0 Å². The second-order valence-corrected chi connectivity index (χ2v) is 4.65. The van der Waals surface area contributed by atoms with Crippen LogP contribution in [0.25, 0.3) is 10.8 Å². The fourth-order valence-electron chi connectivity index (χ4n) is 2.00. The van der Waals surface area contributed by atoms with Gasteiger partial charge in [-0.2, -0.15) is 0 Å². The van der Waals surface area contributed by atoms with E-state index in [1.54, 1.807) is 6.07 Å². The molecule has 0 saturated heterocycles. The summed E-state index contributed by atoms with van der Waals surface area (Å²) in [4.78, 5) is 23.6. The second kappa shape index (κ2) is 6.30. The number of methoxy groups -OCH3 is 1. The molecule has 0 aliphatic heterocycles. The Labute approximate surface area is 117 Å². The standard InChI is InChI=1S/C16H17NO3/c1-11(18)15(10-20-2)17-16(19)14-8-7-12-5-3-4-6-13(12)9-14/h3-9,15H,10H2,1-2H3,(H,17,19). The van der Waals surface area contributed by atoms with E-state index in [4.69, 9.17) is 4.74 Å². The Morgan fingerprint density at radius 2 is 1.85 bits per heavy atom. The molecule has 0 radical (unpaired) electrons. The molecule has 104 valence electrons. The molecule has 0 aromatic heterocycles. The highest BCUT2D eigenvalue weighted by Crippen LogP contribution is 2.15. The van der Waals surface area contributed by atoms with Gasteiger partial charge in [-0.1, -0.05) is 30.3 Å². The van der Waals surface area contributed by atoms with Gasteiger partial charge >= 0.3 is 0 Å². The molecule has 0 bridgehead atoms. The molecule has 1 N–H and O–H groups in total. The smallest absolute Gasteiger partial charge is 0.251 e. The highest BCUT2D eigenvalue weighted by atomic mass is 16.5. The molecule has 0 saturated carbocycles. The molecular formula is C16H17NO3. The molecule has 0 spiro atoms. The van der Waals surface area contributed by atoms with Gasteiger partial charge < -0.3 is 10.1 Å². The summed E-state index contributed by atoms with van der Waals surface area (Å²) in [5.74, 6) is -0.394. The lowest BCUT2D eigenvalue weighted by atomic mass is 10.1. The quantitative estimate of drug-likeness (QED) is 0.906. The molecular weight excluding hydrogens is 254 g/mol. The average molecular weight is 271 g/mol. The molecule has 20 heavy (non-hydrogen) atoms. The zero-order chi connectivity index (χ0) is 14.5. The second-order valence-electron chi connectivity index (χ2n) is 4.65. The van der Waals surface area contributed by atoms with Crippen LogP contribution in [0.5, 0.6) is 0 Å². The molecule has 1 unspecified atom stereocenters. The highest BCUT2D eigenvalue weighted by molar-refractivity contribution is 6.00. The van der Waals surface area contributed by atoms with E-state index in [9.17, 15) is 9.59 Å². The van der Waals surface area contributed by atoms with Crippen LogP contribution in [0.15, 0.2) is 42.5 Å². The van der Waals surface area contributed by atoms with Crippen molar-refractivity contribution in [2.75, 3.05) is 13.7 Å². The van der Waals surface area contributed by atoms with Gasteiger partial charge in [0.2, 0.25) is 0 Å². The third-order valence-electron chi connectivity index (χ3n) is 3.14. The molecule has 4 heteroatoms. The third-order valence-corrected chi connectivity index (χ3v) is 3.14. The van der Waals surface area contributed by atoms with E-state index in [0.717, 1.165) is 10.8 Å². The fraction of sp³-hybridized carbons (Fsp3) is 0.250. The number of carbonyl (C=O) groups is 2. The lowest BCUT2D eigenvalue weighted by molar-refractivity contribution is -0.119. The molecule has 1 atom stereocenters. The number of amides is 1. The average Bonchev–Trinajstić information content (AvgIpc) is 2.46. The molecule has 0 heterocycles. The number of hydrogen-bond donors (Lipinski definition) is 1. The van der Waals surface area contributed by atoms with Gasteiger partial charge in [0.25, 0.3) is 5.91 Å². The van der Waals surface area contributed by atoms with E-state index >= 15 is 0 Å². The summed E-state index contributed by atoms with van der Waals surface area (Å²) in [7, 11) is 1.50. The van der Waals surface area contributed by atoms with E-state index in [-0.39, 0.29) is 18.3 Å². The minimum Gasteiger partial charge on any atom is -0.382 e. The van der Waals surface area contributed by atoms with Crippen LogP contribution in [-0.4, -0.2) is 31.4 Å². The van der Waals surface area contributed by atoms with Gasteiger partial charge in [0.15, 0.2) is 5.78 Å². The van der Waals surface area contributed by atoms with Crippen molar-refractivity contribution in [2.24, 2.45) is 0 Å². The number of Topliss-reactive ketones (excluding diaryl/α,β-unsaturated/α-hetero) is 1. The van der Waals surface area contributed by atoms with Gasteiger partial charge in [-0.15, -0.1) is 0 Å². The van der Waals surface area contributed by atoms with Crippen LogP contribution in [0.4, 0.5) is 0 Å². The monoisotopic (exact) mass is 271 g/mol. The van der Waals surface area contributed by atoms with Crippen molar-refractivity contribution in [3.63, 3.8) is 0 Å². The first-order valence-corrected chi connectivity index (χ1v) is 6.41. The number of hydrogen-bond acceptors (Lipinski definition) is 3. The van der Waals surface area contributed by atoms with Crippen molar-refractivity contribution in [3.05, 3.63) is 48.0 Å². The Kier molecular flexibility index (Phi) is 4.48. The van der Waals surface area contributed by atoms with E-state index in [0.29, 0.717) is 5.56 Å². The molecule has 4 nitrogen and oxygen atoms in total. The zero-order valence-corrected chi connectivity index (χ0v) is 11.6. The Balaban J connectivity index is 2.20. The van der Waals surface area contributed by atoms with Crippen molar-refractivity contribution in [1.29, 1.82) is 0 Å². The Morgan fingerprint density at radius 3 is 2.50 bits per heavy atom. The van der Waals surface area contributed by atoms with Gasteiger partial charge in [0.05, 0.1) is 6.61 Å². The number of nitrogens with one attached hydrogen (secondary N) is 1. The number of ketones is 1. The summed E-state index contributed by atoms with van der Waals surface area (Å²) in [6.45, 7) is 1.61. The summed E-state index contributed by atoms with van der Waals surface area (Å²) >= 11 is 0. The minimum absolute atomic E-state index is 0.124. The first kappa shape index (κ1) is 14.2. The van der Waals surface area contributed by atoms with Gasteiger partial charge in [-0.25, -0.2) is 0 Å². The van der Waals surface area contributed by atoms with Crippen molar-refractivity contribution in [3.8, 4) is 0 Å². The zero-order valence-electron chi connectivity index (χ0n) is 11.6. The predicted octanol–water partition coefficient (Wildman–Crippen LogP) is 2.17. The predicted molar refractivity (Wildman–Crippen MR) is 77.8 cm³/mol. The maximum atomic E-state index is 12.2. The Hall–Kier alpha value is -2.20. The van der Waals surface area contributed by atoms with E-state index in [2.05, 4.69) is 5.32 Å². The number of carbonyl (C=O) groups excluding carboxylic acids is 2. The Morgan fingerprint density at radius 1 is 1.15 bits per heavy atom. The maximum absolute atomic E-state index is 12.2. The van der Waals surface area contributed by atoms with Crippen LogP contribution in [0, 0.1) is 0 Å². The molecule has 2 aromatic carbocycles. The van der Waals surface area contributed by atoms with E-state index in [1.165, 1.54) is 14.0 Å². The van der Waals surface area contributed by atoms with Crippen LogP contribution in [0.3, 0.4) is 0 Å². The van der Waals surface area contributed by atoms with Crippen molar-refractivity contribution in [1.82, 2.24) is 5.32 Å². The number of fused-ring (bicyclic) bond motifs is 1. The first-order valence-electron chi connectivity index (χ1n) is 6.41. The van der Waals surface area contributed by atoms with Crippen LogP contribution < -0.4 is 5.32 Å². The molecule has 0 fully saturated rings. The van der Waals surface area contributed by atoms with Crippen molar-refractivity contribution in [2.45, 2.75) is 13.0 Å². The molecule has 2 rings (SSSR count). The Bertz CT molecular complexity index is 636. The van der Waals surface area contributed by atoms with E-state index < -0.39 is 6.04 Å². The van der Waals surface area contributed by atoms with Gasteiger partial charge in [-0.05, 0) is 29.8 Å². The van der Waals surface area contributed by atoms with Gasteiger partial charge in [-0.3, -0.25) is 9.59 Å². The van der Waals surface area contributed by atoms with Gasteiger partial charge in [0, 0.05) is 12.7 Å². The number of ether oxygens (including phenoxy) is 1. The normalized spacial score (nSPS) is 12.1. The van der Waals surface area contributed by atoms with Crippen molar-refractivity contribution < 1.29 is 14.3 Å². The summed E-state index contributed by atoms with van der Waals surface area (Å²) in [6.07, 6.45) is 0. The number of benzene rings is 2. The minimum atomic E-state index is -0.612. The van der Waals surface area contributed by atoms with Crippen molar-refractivity contribution >= 4 is 22.5 Å². The third kappa shape index (κ3) is 3.22. The summed E-state index contributed by atoms with van der Waals surface area (Å²) in [6, 6.07) is 12.7. The number of rotatable bonds is 5. The summed E-state index contributed by atoms with van der Waals surface area (Å²) < 4.78 is 4.94. The molecule has 0 aliphatic carbocycles. The van der Waals surface area contributed by atoms with Crippen LogP contribution >= 0.6 is 0 Å². The highest BCUT2D eigenvalue weighted by Gasteiger charge is 2.17. The maximum Gasteiger partial charge on any atom is 0.251 e. The lowest BCUT2D eigenvalue weighted by Crippen LogP contribution is -2.42. The van der Waals surface area contributed by atoms with Gasteiger partial charge in [0.1, 0.15) is 6.04 Å². The molecule has 0 aliphatic rings. The fourth-order valence-corrected chi connectivity index (χ4v) is 2.00. The lowest BCUT2D eigenvalue weighted by Gasteiger charge is -2.15.